The van der Waals surface area contributed by atoms with Crippen LogP contribution in [0.15, 0.2) is 48.8 Å². The van der Waals surface area contributed by atoms with Gasteiger partial charge in [-0.3, -0.25) is 9.47 Å². The largest absolute Gasteiger partial charge is 0.322 e. The molecule has 1 heterocycles. The summed E-state index contributed by atoms with van der Waals surface area (Å²) in [6.07, 6.45) is 3.55. The fourth-order valence-corrected chi connectivity index (χ4v) is 1.36. The van der Waals surface area contributed by atoms with Crippen molar-refractivity contribution in [3.8, 4) is 0 Å². The number of benzene rings is 1. The van der Waals surface area contributed by atoms with E-state index in [2.05, 4.69) is 10.7 Å². The summed E-state index contributed by atoms with van der Waals surface area (Å²) in [4.78, 5) is 11.5. The van der Waals surface area contributed by atoms with E-state index in [1.165, 1.54) is 12.1 Å². The Morgan fingerprint density at radius 1 is 1.18 bits per heavy atom. The smallest absolute Gasteiger partial charge is 0.245 e. The number of hydrogen-bond donors (Lipinski definition) is 2. The fraction of sp³-hybridized carbons (Fsp3) is 0.0833. The minimum absolute atomic E-state index is 0.0724. The Kier molecular flexibility index (Phi) is 3.40. The Morgan fingerprint density at radius 2 is 1.88 bits per heavy atom. The van der Waals surface area contributed by atoms with Crippen molar-refractivity contribution in [3.05, 3.63) is 54.6 Å². The van der Waals surface area contributed by atoms with Crippen LogP contribution in [0.25, 0.3) is 0 Å². The van der Waals surface area contributed by atoms with Gasteiger partial charge in [0.1, 0.15) is 12.4 Å². The highest BCUT2D eigenvalue weighted by Gasteiger charge is 2.05. The predicted molar refractivity (Wildman–Crippen MR) is 63.7 cm³/mol. The molecule has 0 radical (unpaired) electrons. The summed E-state index contributed by atoms with van der Waals surface area (Å²) in [7, 11) is 0. The van der Waals surface area contributed by atoms with Gasteiger partial charge in [-0.1, -0.05) is 12.1 Å². The molecule has 0 saturated heterocycles. The van der Waals surface area contributed by atoms with Crippen LogP contribution in [0, 0.1) is 5.82 Å². The Labute approximate surface area is 98.0 Å². The summed E-state index contributed by atoms with van der Waals surface area (Å²) < 4.78 is 14.9. The van der Waals surface area contributed by atoms with Gasteiger partial charge in [0, 0.05) is 12.4 Å². The fourth-order valence-electron chi connectivity index (χ4n) is 1.36. The maximum absolute atomic E-state index is 13.2. The number of halogens is 1. The molecule has 88 valence electrons. The molecule has 0 unspecified atom stereocenters. The van der Waals surface area contributed by atoms with Crippen LogP contribution < -0.4 is 10.7 Å². The average molecular weight is 233 g/mol. The molecule has 0 bridgehead atoms. The Morgan fingerprint density at radius 3 is 2.59 bits per heavy atom. The van der Waals surface area contributed by atoms with Gasteiger partial charge in [0.15, 0.2) is 0 Å². The average Bonchev–Trinajstić information content (AvgIpc) is 2.82. The Balaban J connectivity index is 1.87. The lowest BCUT2D eigenvalue weighted by Gasteiger charge is -2.08. The third-order valence-electron chi connectivity index (χ3n) is 2.17. The number of aromatic nitrogens is 1. The van der Waals surface area contributed by atoms with Crippen molar-refractivity contribution in [1.29, 1.82) is 0 Å². The molecule has 0 aliphatic heterocycles. The molecule has 0 spiro atoms. The zero-order chi connectivity index (χ0) is 12.1. The van der Waals surface area contributed by atoms with Crippen LogP contribution in [-0.4, -0.2) is 17.1 Å². The molecule has 17 heavy (non-hydrogen) atoms. The number of carbonyl (C=O) groups is 1. The quantitative estimate of drug-likeness (QED) is 0.846. The van der Waals surface area contributed by atoms with Gasteiger partial charge in [-0.2, -0.15) is 0 Å². The number of hydrogen-bond acceptors (Lipinski definition) is 2. The van der Waals surface area contributed by atoms with E-state index in [0.29, 0.717) is 0 Å². The van der Waals surface area contributed by atoms with Crippen LogP contribution in [0.2, 0.25) is 0 Å². The first-order chi connectivity index (χ1) is 8.25. The molecule has 1 aromatic heterocycles. The van der Waals surface area contributed by atoms with E-state index in [0.717, 1.165) is 0 Å². The number of para-hydroxylation sites is 1. The first-order valence-electron chi connectivity index (χ1n) is 5.17. The number of amides is 1. The van der Waals surface area contributed by atoms with Crippen LogP contribution in [0.4, 0.5) is 10.1 Å². The minimum atomic E-state index is -0.443. The molecule has 4 nitrogen and oxygen atoms in total. The van der Waals surface area contributed by atoms with Crippen molar-refractivity contribution >= 4 is 11.6 Å². The molecule has 0 aliphatic carbocycles. The number of nitrogens with one attached hydrogen (secondary N) is 2. The molecule has 1 amide bonds. The van der Waals surface area contributed by atoms with Crippen molar-refractivity contribution in [3.63, 3.8) is 0 Å². The Bertz CT molecular complexity index is 496. The van der Waals surface area contributed by atoms with E-state index < -0.39 is 5.82 Å². The molecular formula is C12H12FN3O. The van der Waals surface area contributed by atoms with Gasteiger partial charge < -0.3 is 10.7 Å². The topological polar surface area (TPSA) is 46.1 Å². The Hall–Kier alpha value is -2.30. The number of carbonyl (C=O) groups excluding carboxylic acids is 1. The molecule has 0 fully saturated rings. The summed E-state index contributed by atoms with van der Waals surface area (Å²) in [5.41, 5.74) is 3.03. The highest BCUT2D eigenvalue weighted by molar-refractivity contribution is 5.93. The van der Waals surface area contributed by atoms with Crippen LogP contribution in [0.5, 0.6) is 0 Å². The van der Waals surface area contributed by atoms with Crippen LogP contribution in [-0.2, 0) is 4.79 Å². The normalized spacial score (nSPS) is 9.94. The van der Waals surface area contributed by atoms with Crippen LogP contribution in [0.3, 0.4) is 0 Å². The molecule has 5 heteroatoms. The van der Waals surface area contributed by atoms with Crippen molar-refractivity contribution in [2.24, 2.45) is 0 Å². The lowest BCUT2D eigenvalue weighted by Crippen LogP contribution is -2.26. The molecule has 2 rings (SSSR count). The van der Waals surface area contributed by atoms with Crippen molar-refractivity contribution in [2.45, 2.75) is 0 Å². The van der Waals surface area contributed by atoms with E-state index in [1.807, 2.05) is 12.1 Å². The third kappa shape index (κ3) is 3.07. The standard InChI is InChI=1S/C12H12FN3O/c13-10-5-1-2-6-11(10)15-12(17)9-14-16-7-3-4-8-16/h1-8,14H,9H2,(H,15,17). The maximum atomic E-state index is 13.2. The lowest BCUT2D eigenvalue weighted by molar-refractivity contribution is -0.114. The SMILES string of the molecule is O=C(CNn1cccc1)Nc1ccccc1F. The lowest BCUT2D eigenvalue weighted by atomic mass is 10.3. The zero-order valence-electron chi connectivity index (χ0n) is 9.06. The number of nitrogens with zero attached hydrogens (tertiary/aromatic N) is 1. The predicted octanol–water partition coefficient (Wildman–Crippen LogP) is 1.81. The van der Waals surface area contributed by atoms with Gasteiger partial charge in [0.05, 0.1) is 5.69 Å². The second kappa shape index (κ2) is 5.16. The van der Waals surface area contributed by atoms with Crippen LogP contribution in [0.1, 0.15) is 0 Å². The van der Waals surface area contributed by atoms with Gasteiger partial charge in [-0.05, 0) is 24.3 Å². The molecule has 0 saturated carbocycles. The highest BCUT2D eigenvalue weighted by Crippen LogP contribution is 2.11. The van der Waals surface area contributed by atoms with E-state index >= 15 is 0 Å². The summed E-state index contributed by atoms with van der Waals surface area (Å²) >= 11 is 0. The second-order valence-corrected chi connectivity index (χ2v) is 3.45. The van der Waals surface area contributed by atoms with E-state index in [1.54, 1.807) is 29.2 Å². The first-order valence-corrected chi connectivity index (χ1v) is 5.17. The molecule has 0 aliphatic rings. The van der Waals surface area contributed by atoms with E-state index in [4.69, 9.17) is 0 Å². The van der Waals surface area contributed by atoms with Crippen molar-refractivity contribution < 1.29 is 9.18 Å². The molecular weight excluding hydrogens is 221 g/mol. The molecule has 2 aromatic rings. The van der Waals surface area contributed by atoms with Gasteiger partial charge in [-0.15, -0.1) is 0 Å². The summed E-state index contributed by atoms with van der Waals surface area (Å²) in [5.74, 6) is -0.745. The van der Waals surface area contributed by atoms with Crippen molar-refractivity contribution in [2.75, 3.05) is 17.3 Å². The zero-order valence-corrected chi connectivity index (χ0v) is 9.06. The van der Waals surface area contributed by atoms with Gasteiger partial charge in [-0.25, -0.2) is 4.39 Å². The summed E-state index contributed by atoms with van der Waals surface area (Å²) in [6, 6.07) is 9.72. The van der Waals surface area contributed by atoms with Gasteiger partial charge >= 0.3 is 0 Å². The summed E-state index contributed by atoms with van der Waals surface area (Å²) in [5, 5.41) is 2.48. The number of anilines is 1. The van der Waals surface area contributed by atoms with E-state index in [-0.39, 0.29) is 18.1 Å². The van der Waals surface area contributed by atoms with Crippen molar-refractivity contribution in [1.82, 2.24) is 4.68 Å². The van der Waals surface area contributed by atoms with Crippen LogP contribution >= 0.6 is 0 Å². The molecule has 1 aromatic carbocycles. The van der Waals surface area contributed by atoms with Gasteiger partial charge in [0.2, 0.25) is 5.91 Å². The summed E-state index contributed by atoms with van der Waals surface area (Å²) in [6.45, 7) is 0.0724. The first kappa shape index (κ1) is 11.2. The van der Waals surface area contributed by atoms with E-state index in [9.17, 15) is 9.18 Å². The second-order valence-electron chi connectivity index (χ2n) is 3.45. The maximum Gasteiger partial charge on any atom is 0.245 e. The molecule has 2 N–H and O–H groups in total. The van der Waals surface area contributed by atoms with Gasteiger partial charge in [0.25, 0.3) is 0 Å². The third-order valence-corrected chi connectivity index (χ3v) is 2.17. The monoisotopic (exact) mass is 233 g/mol. The highest BCUT2D eigenvalue weighted by atomic mass is 19.1. The number of rotatable bonds is 4. The minimum Gasteiger partial charge on any atom is -0.322 e. The molecule has 0 atom stereocenters.